The SMILES string of the molecule is COc1ccc(C2C=C(c3ccc(Cl)cc3Cl)Nc3ncnn32)cc1OC. The van der Waals surface area contributed by atoms with E-state index in [0.29, 0.717) is 27.5 Å². The number of hydrogen-bond acceptors (Lipinski definition) is 5. The van der Waals surface area contributed by atoms with Gasteiger partial charge in [-0.15, -0.1) is 0 Å². The second-order valence-electron chi connectivity index (χ2n) is 5.92. The highest BCUT2D eigenvalue weighted by Crippen LogP contribution is 2.37. The maximum Gasteiger partial charge on any atom is 0.226 e. The van der Waals surface area contributed by atoms with Crippen LogP contribution >= 0.6 is 23.2 Å². The molecule has 1 N–H and O–H groups in total. The van der Waals surface area contributed by atoms with Crippen LogP contribution in [-0.4, -0.2) is 29.0 Å². The van der Waals surface area contributed by atoms with Crippen molar-refractivity contribution in [1.82, 2.24) is 14.8 Å². The van der Waals surface area contributed by atoms with E-state index in [1.807, 2.05) is 30.3 Å². The Kier molecular flexibility index (Phi) is 4.68. The Labute approximate surface area is 166 Å². The summed E-state index contributed by atoms with van der Waals surface area (Å²) < 4.78 is 12.6. The van der Waals surface area contributed by atoms with Crippen molar-refractivity contribution in [2.45, 2.75) is 6.04 Å². The van der Waals surface area contributed by atoms with Gasteiger partial charge in [0.2, 0.25) is 5.95 Å². The number of nitrogens with zero attached hydrogens (tertiary/aromatic N) is 3. The molecule has 1 aliphatic rings. The normalized spacial score (nSPS) is 15.6. The molecule has 6 nitrogen and oxygen atoms in total. The van der Waals surface area contributed by atoms with E-state index in [2.05, 4.69) is 15.4 Å². The van der Waals surface area contributed by atoms with Crippen molar-refractivity contribution < 1.29 is 9.47 Å². The summed E-state index contributed by atoms with van der Waals surface area (Å²) in [7, 11) is 3.22. The van der Waals surface area contributed by atoms with Crippen LogP contribution in [0.15, 0.2) is 48.8 Å². The average molecular weight is 403 g/mol. The summed E-state index contributed by atoms with van der Waals surface area (Å²) in [5.74, 6) is 1.94. The summed E-state index contributed by atoms with van der Waals surface area (Å²) in [6.45, 7) is 0. The van der Waals surface area contributed by atoms with Gasteiger partial charge in [-0.1, -0.05) is 29.3 Å². The van der Waals surface area contributed by atoms with Gasteiger partial charge >= 0.3 is 0 Å². The number of fused-ring (bicyclic) bond motifs is 1. The zero-order valence-corrected chi connectivity index (χ0v) is 16.1. The van der Waals surface area contributed by atoms with Gasteiger partial charge in [0.05, 0.1) is 19.2 Å². The van der Waals surface area contributed by atoms with Crippen molar-refractivity contribution in [2.75, 3.05) is 19.5 Å². The number of halogens is 2. The number of benzene rings is 2. The van der Waals surface area contributed by atoms with Crippen molar-refractivity contribution in [3.05, 3.63) is 70.0 Å². The number of aromatic nitrogens is 3. The van der Waals surface area contributed by atoms with E-state index >= 15 is 0 Å². The van der Waals surface area contributed by atoms with Gasteiger partial charge in [-0.05, 0) is 42.0 Å². The molecule has 3 aromatic rings. The maximum atomic E-state index is 6.40. The molecule has 0 aliphatic carbocycles. The van der Waals surface area contributed by atoms with Gasteiger partial charge in [0.15, 0.2) is 11.5 Å². The summed E-state index contributed by atoms with van der Waals surface area (Å²) in [5, 5.41) is 8.76. The lowest BCUT2D eigenvalue weighted by Gasteiger charge is -2.25. The van der Waals surface area contributed by atoms with Gasteiger partial charge < -0.3 is 14.8 Å². The Morgan fingerprint density at radius 3 is 2.59 bits per heavy atom. The van der Waals surface area contributed by atoms with Crippen LogP contribution in [0.5, 0.6) is 11.5 Å². The zero-order valence-electron chi connectivity index (χ0n) is 14.6. The van der Waals surface area contributed by atoms with Crippen molar-refractivity contribution >= 4 is 34.8 Å². The first kappa shape index (κ1) is 17.7. The van der Waals surface area contributed by atoms with Crippen molar-refractivity contribution in [1.29, 1.82) is 0 Å². The molecule has 8 heteroatoms. The molecule has 0 amide bonds. The summed E-state index contributed by atoms with van der Waals surface area (Å²) in [4.78, 5) is 4.31. The molecule has 2 aromatic carbocycles. The summed E-state index contributed by atoms with van der Waals surface area (Å²) in [6.07, 6.45) is 3.55. The highest BCUT2D eigenvalue weighted by atomic mass is 35.5. The number of ether oxygens (including phenoxy) is 2. The number of nitrogens with one attached hydrogen (secondary N) is 1. The highest BCUT2D eigenvalue weighted by Gasteiger charge is 2.25. The minimum Gasteiger partial charge on any atom is -0.493 e. The predicted molar refractivity (Wildman–Crippen MR) is 106 cm³/mol. The van der Waals surface area contributed by atoms with E-state index in [4.69, 9.17) is 32.7 Å². The second-order valence-corrected chi connectivity index (χ2v) is 6.76. The Morgan fingerprint density at radius 1 is 1.04 bits per heavy atom. The summed E-state index contributed by atoms with van der Waals surface area (Å²) in [5.41, 5.74) is 2.64. The van der Waals surface area contributed by atoms with E-state index < -0.39 is 0 Å². The van der Waals surface area contributed by atoms with Crippen molar-refractivity contribution in [3.8, 4) is 11.5 Å². The lowest BCUT2D eigenvalue weighted by molar-refractivity contribution is 0.354. The Balaban J connectivity index is 1.82. The Morgan fingerprint density at radius 2 is 1.85 bits per heavy atom. The molecule has 27 heavy (non-hydrogen) atoms. The molecular formula is C19H16Cl2N4O2. The molecule has 2 heterocycles. The molecule has 1 aliphatic heterocycles. The van der Waals surface area contributed by atoms with Gasteiger partial charge in [0.25, 0.3) is 0 Å². The van der Waals surface area contributed by atoms with Crippen LogP contribution in [0.1, 0.15) is 17.2 Å². The monoisotopic (exact) mass is 402 g/mol. The van der Waals surface area contributed by atoms with Crippen LogP contribution in [0.4, 0.5) is 5.95 Å². The standard InChI is InChI=1S/C19H16Cl2N4O2/c1-26-17-6-3-11(7-18(17)27-2)16-9-15(24-19-22-10-23-25(16)19)13-5-4-12(20)8-14(13)21/h3-10,16H,1-2H3,(H,22,23,24). The molecular weight excluding hydrogens is 387 g/mol. The first-order valence-electron chi connectivity index (χ1n) is 8.16. The summed E-state index contributed by atoms with van der Waals surface area (Å²) >= 11 is 12.4. The fraction of sp³-hybridized carbons (Fsp3) is 0.158. The van der Waals surface area contributed by atoms with Crippen molar-refractivity contribution in [2.24, 2.45) is 0 Å². The largest absolute Gasteiger partial charge is 0.493 e. The smallest absolute Gasteiger partial charge is 0.226 e. The molecule has 0 spiro atoms. The maximum absolute atomic E-state index is 6.40. The van der Waals surface area contributed by atoms with Gasteiger partial charge in [0.1, 0.15) is 12.4 Å². The molecule has 1 atom stereocenters. The molecule has 1 aromatic heterocycles. The molecule has 1 unspecified atom stereocenters. The number of methoxy groups -OCH3 is 2. The average Bonchev–Trinajstić information content (AvgIpc) is 3.15. The minimum atomic E-state index is -0.190. The predicted octanol–water partition coefficient (Wildman–Crippen LogP) is 4.66. The van der Waals surface area contributed by atoms with Crippen LogP contribution in [0, 0.1) is 0 Å². The van der Waals surface area contributed by atoms with Crippen molar-refractivity contribution in [3.63, 3.8) is 0 Å². The lowest BCUT2D eigenvalue weighted by Crippen LogP contribution is -2.20. The first-order valence-corrected chi connectivity index (χ1v) is 8.92. The third-order valence-electron chi connectivity index (χ3n) is 4.38. The van der Waals surface area contributed by atoms with E-state index in [1.165, 1.54) is 6.33 Å². The third kappa shape index (κ3) is 3.22. The molecule has 0 saturated heterocycles. The van der Waals surface area contributed by atoms with Crippen LogP contribution in [-0.2, 0) is 0 Å². The second kappa shape index (κ2) is 7.13. The van der Waals surface area contributed by atoms with E-state index in [-0.39, 0.29) is 6.04 Å². The first-order chi connectivity index (χ1) is 13.1. The number of anilines is 1. The van der Waals surface area contributed by atoms with E-state index in [9.17, 15) is 0 Å². The molecule has 0 radical (unpaired) electrons. The molecule has 0 saturated carbocycles. The Bertz CT molecular complexity index is 1030. The molecule has 0 fully saturated rings. The fourth-order valence-electron chi connectivity index (χ4n) is 3.07. The number of allylic oxidation sites excluding steroid dienone is 1. The van der Waals surface area contributed by atoms with E-state index in [1.54, 1.807) is 31.0 Å². The van der Waals surface area contributed by atoms with Gasteiger partial charge in [-0.25, -0.2) is 4.68 Å². The number of rotatable bonds is 4. The van der Waals surface area contributed by atoms with Crippen LogP contribution in [0.2, 0.25) is 10.0 Å². The van der Waals surface area contributed by atoms with Crippen LogP contribution < -0.4 is 14.8 Å². The van der Waals surface area contributed by atoms with Gasteiger partial charge in [-0.3, -0.25) is 0 Å². The number of hydrogen-bond donors (Lipinski definition) is 1. The third-order valence-corrected chi connectivity index (χ3v) is 4.93. The quantitative estimate of drug-likeness (QED) is 0.687. The Hall–Kier alpha value is -2.70. The fourth-order valence-corrected chi connectivity index (χ4v) is 3.58. The van der Waals surface area contributed by atoms with Crippen LogP contribution in [0.25, 0.3) is 5.70 Å². The molecule has 0 bridgehead atoms. The van der Waals surface area contributed by atoms with Crippen LogP contribution in [0.3, 0.4) is 0 Å². The highest BCUT2D eigenvalue weighted by molar-refractivity contribution is 6.35. The minimum absolute atomic E-state index is 0.190. The van der Waals surface area contributed by atoms with Gasteiger partial charge in [0, 0.05) is 16.3 Å². The zero-order chi connectivity index (χ0) is 19.0. The van der Waals surface area contributed by atoms with Gasteiger partial charge in [-0.2, -0.15) is 10.1 Å². The van der Waals surface area contributed by atoms with E-state index in [0.717, 1.165) is 16.8 Å². The lowest BCUT2D eigenvalue weighted by atomic mass is 10.0. The molecule has 4 rings (SSSR count). The topological polar surface area (TPSA) is 61.2 Å². The molecule has 138 valence electrons. The summed E-state index contributed by atoms with van der Waals surface area (Å²) in [6, 6.07) is 11.0.